The van der Waals surface area contributed by atoms with Gasteiger partial charge in [-0.2, -0.15) is 18.3 Å². The standard InChI is InChI=1S/C23H30F3N5O/c1-4-17-10-20(23(24,25)26)31-21(27-17)11-19(29-31)16-7-8-30(12-16)13-22(32)28-18-9-14(2)5-6-15(18)3/h5-6,9,11,16-17,20,27H,4,7-8,10,12-13H2,1-3H3,(H,28,32). The number of nitrogens with one attached hydrogen (secondary N) is 2. The molecule has 3 atom stereocenters. The van der Waals surface area contributed by atoms with Crippen molar-refractivity contribution < 1.29 is 18.0 Å². The molecular formula is C23H30F3N5O. The Morgan fingerprint density at radius 1 is 1.28 bits per heavy atom. The zero-order chi connectivity index (χ0) is 23.0. The summed E-state index contributed by atoms with van der Waals surface area (Å²) < 4.78 is 41.9. The van der Waals surface area contributed by atoms with E-state index in [4.69, 9.17) is 0 Å². The SMILES string of the molecule is CCC1CC(C(F)(F)F)n2nc(C3CCN(CC(=O)Nc4cc(C)ccc4C)C3)cc2N1. The van der Waals surface area contributed by atoms with Crippen molar-refractivity contribution in [1.29, 1.82) is 0 Å². The van der Waals surface area contributed by atoms with Crippen molar-refractivity contribution in [2.24, 2.45) is 0 Å². The topological polar surface area (TPSA) is 62.2 Å². The van der Waals surface area contributed by atoms with E-state index in [9.17, 15) is 18.0 Å². The van der Waals surface area contributed by atoms with Crippen molar-refractivity contribution in [3.05, 3.63) is 41.1 Å². The number of carbonyl (C=O) groups is 1. The maximum atomic E-state index is 13.6. The normalized spacial score (nSPS) is 23.6. The number of nitrogens with zero attached hydrogens (tertiary/aromatic N) is 3. The highest BCUT2D eigenvalue weighted by molar-refractivity contribution is 5.93. The number of benzene rings is 1. The van der Waals surface area contributed by atoms with Crippen LogP contribution in [0.1, 0.15) is 55.0 Å². The van der Waals surface area contributed by atoms with Crippen LogP contribution in [0.15, 0.2) is 24.3 Å². The summed E-state index contributed by atoms with van der Waals surface area (Å²) in [5.74, 6) is 0.358. The highest BCUT2D eigenvalue weighted by Gasteiger charge is 2.46. The number of rotatable bonds is 5. The largest absolute Gasteiger partial charge is 0.410 e. The fourth-order valence-corrected chi connectivity index (χ4v) is 4.62. The molecule has 32 heavy (non-hydrogen) atoms. The summed E-state index contributed by atoms with van der Waals surface area (Å²) in [6.45, 7) is 7.37. The Balaban J connectivity index is 1.41. The Morgan fingerprint density at radius 3 is 2.78 bits per heavy atom. The molecule has 0 spiro atoms. The molecule has 0 aliphatic carbocycles. The molecule has 174 valence electrons. The van der Waals surface area contributed by atoms with Crippen LogP contribution < -0.4 is 10.6 Å². The average Bonchev–Trinajstić information content (AvgIpc) is 3.35. The average molecular weight is 450 g/mol. The molecule has 1 aromatic heterocycles. The number of anilines is 2. The minimum absolute atomic E-state index is 0.0105. The molecule has 3 heterocycles. The molecule has 0 bridgehead atoms. The summed E-state index contributed by atoms with van der Waals surface area (Å²) in [5.41, 5.74) is 3.55. The Kier molecular flexibility index (Phi) is 6.20. The third kappa shape index (κ3) is 4.77. The van der Waals surface area contributed by atoms with Crippen molar-refractivity contribution in [1.82, 2.24) is 14.7 Å². The van der Waals surface area contributed by atoms with Crippen molar-refractivity contribution in [3.8, 4) is 0 Å². The Hall–Kier alpha value is -2.55. The molecule has 2 N–H and O–H groups in total. The van der Waals surface area contributed by atoms with E-state index in [-0.39, 0.29) is 30.8 Å². The van der Waals surface area contributed by atoms with E-state index in [2.05, 4.69) is 15.7 Å². The fourth-order valence-electron chi connectivity index (χ4n) is 4.62. The van der Waals surface area contributed by atoms with E-state index in [0.29, 0.717) is 31.0 Å². The number of hydrogen-bond donors (Lipinski definition) is 2. The minimum atomic E-state index is -4.33. The smallest absolute Gasteiger partial charge is 0.367 e. The van der Waals surface area contributed by atoms with Gasteiger partial charge in [0.05, 0.1) is 12.2 Å². The Morgan fingerprint density at radius 2 is 2.06 bits per heavy atom. The number of halogens is 3. The first-order valence-electron chi connectivity index (χ1n) is 11.2. The number of alkyl halides is 3. The minimum Gasteiger partial charge on any atom is -0.367 e. The molecule has 0 radical (unpaired) electrons. The number of likely N-dealkylation sites (tertiary alicyclic amines) is 1. The van der Waals surface area contributed by atoms with Gasteiger partial charge in [0.15, 0.2) is 6.04 Å². The summed E-state index contributed by atoms with van der Waals surface area (Å²) in [6.07, 6.45) is -2.95. The number of hydrogen-bond acceptors (Lipinski definition) is 4. The van der Waals surface area contributed by atoms with Crippen LogP contribution in [0.5, 0.6) is 0 Å². The van der Waals surface area contributed by atoms with Crippen LogP contribution in [0.2, 0.25) is 0 Å². The van der Waals surface area contributed by atoms with Gasteiger partial charge in [0.2, 0.25) is 5.91 Å². The second-order valence-electron chi connectivity index (χ2n) is 9.03. The summed E-state index contributed by atoms with van der Waals surface area (Å²) in [6, 6.07) is 5.86. The number of aromatic nitrogens is 2. The summed E-state index contributed by atoms with van der Waals surface area (Å²) >= 11 is 0. The number of aryl methyl sites for hydroxylation is 2. The van der Waals surface area contributed by atoms with Crippen molar-refractivity contribution in [2.45, 2.75) is 64.2 Å². The van der Waals surface area contributed by atoms with Crippen LogP contribution in [0, 0.1) is 13.8 Å². The molecular weight excluding hydrogens is 419 g/mol. The lowest BCUT2D eigenvalue weighted by Crippen LogP contribution is -2.38. The van der Waals surface area contributed by atoms with Gasteiger partial charge in [0.25, 0.3) is 0 Å². The molecule has 6 nitrogen and oxygen atoms in total. The van der Waals surface area contributed by atoms with Crippen LogP contribution in [0.3, 0.4) is 0 Å². The van der Waals surface area contributed by atoms with Gasteiger partial charge >= 0.3 is 6.18 Å². The second-order valence-corrected chi connectivity index (χ2v) is 9.03. The number of fused-ring (bicyclic) bond motifs is 1. The summed E-state index contributed by atoms with van der Waals surface area (Å²) in [7, 11) is 0. The van der Waals surface area contributed by atoms with Crippen LogP contribution in [0.4, 0.5) is 24.7 Å². The molecule has 1 fully saturated rings. The first-order chi connectivity index (χ1) is 15.1. The third-order valence-corrected chi connectivity index (χ3v) is 6.51. The highest BCUT2D eigenvalue weighted by Crippen LogP contribution is 2.41. The van der Waals surface area contributed by atoms with Crippen molar-refractivity contribution >= 4 is 17.4 Å². The van der Waals surface area contributed by atoms with E-state index >= 15 is 0 Å². The quantitative estimate of drug-likeness (QED) is 0.699. The van der Waals surface area contributed by atoms with Crippen molar-refractivity contribution in [2.75, 3.05) is 30.3 Å². The lowest BCUT2D eigenvalue weighted by atomic mass is 10.0. The fraction of sp³-hybridized carbons (Fsp3) is 0.565. The summed E-state index contributed by atoms with van der Waals surface area (Å²) in [4.78, 5) is 14.6. The molecule has 1 saturated heterocycles. The lowest BCUT2D eigenvalue weighted by molar-refractivity contribution is -0.173. The molecule has 2 aliphatic heterocycles. The molecule has 1 aromatic carbocycles. The van der Waals surface area contributed by atoms with Gasteiger partial charge in [-0.3, -0.25) is 9.69 Å². The first kappa shape index (κ1) is 22.6. The molecule has 0 saturated carbocycles. The molecule has 4 rings (SSSR count). The van der Waals surface area contributed by atoms with E-state index < -0.39 is 12.2 Å². The first-order valence-corrected chi connectivity index (χ1v) is 11.2. The maximum Gasteiger partial charge on any atom is 0.410 e. The molecule has 1 amide bonds. The zero-order valence-electron chi connectivity index (χ0n) is 18.7. The van der Waals surface area contributed by atoms with E-state index in [1.165, 1.54) is 0 Å². The van der Waals surface area contributed by atoms with Crippen molar-refractivity contribution in [3.63, 3.8) is 0 Å². The second kappa shape index (κ2) is 8.77. The van der Waals surface area contributed by atoms with E-state index in [0.717, 1.165) is 27.9 Å². The van der Waals surface area contributed by atoms with Crippen LogP contribution in [-0.2, 0) is 4.79 Å². The lowest BCUT2D eigenvalue weighted by Gasteiger charge is -2.32. The highest BCUT2D eigenvalue weighted by atomic mass is 19.4. The van der Waals surface area contributed by atoms with E-state index in [1.807, 2.05) is 43.9 Å². The number of amides is 1. The van der Waals surface area contributed by atoms with Gasteiger partial charge in [-0.1, -0.05) is 19.1 Å². The molecule has 9 heteroatoms. The van der Waals surface area contributed by atoms with Crippen LogP contribution in [0.25, 0.3) is 0 Å². The van der Waals surface area contributed by atoms with Gasteiger partial charge in [-0.25, -0.2) is 4.68 Å². The predicted molar refractivity (Wildman–Crippen MR) is 118 cm³/mol. The van der Waals surface area contributed by atoms with Crippen LogP contribution in [-0.4, -0.2) is 52.4 Å². The summed E-state index contributed by atoms with van der Waals surface area (Å²) in [5, 5.41) is 10.5. The van der Waals surface area contributed by atoms with Gasteiger partial charge in [0, 0.05) is 30.3 Å². The zero-order valence-corrected chi connectivity index (χ0v) is 18.7. The van der Waals surface area contributed by atoms with Gasteiger partial charge in [-0.15, -0.1) is 0 Å². The molecule has 2 aliphatic rings. The third-order valence-electron chi connectivity index (χ3n) is 6.51. The Bertz CT molecular complexity index is 986. The predicted octanol–water partition coefficient (Wildman–Crippen LogP) is 4.63. The van der Waals surface area contributed by atoms with E-state index in [1.54, 1.807) is 6.07 Å². The van der Waals surface area contributed by atoms with Gasteiger partial charge in [-0.05, 0) is 56.8 Å². The molecule has 3 unspecified atom stereocenters. The molecule has 2 aromatic rings. The monoisotopic (exact) mass is 449 g/mol. The van der Waals surface area contributed by atoms with Gasteiger partial charge < -0.3 is 10.6 Å². The van der Waals surface area contributed by atoms with Gasteiger partial charge in [0.1, 0.15) is 5.82 Å². The Labute approximate surface area is 186 Å². The van der Waals surface area contributed by atoms with Crippen LogP contribution >= 0.6 is 0 Å². The number of carbonyl (C=O) groups excluding carboxylic acids is 1. The maximum absolute atomic E-state index is 13.6.